The zero-order valence-electron chi connectivity index (χ0n) is 14.9. The summed E-state index contributed by atoms with van der Waals surface area (Å²) in [7, 11) is 4.22. The van der Waals surface area contributed by atoms with Crippen molar-refractivity contribution in [1.29, 1.82) is 0 Å². The van der Waals surface area contributed by atoms with Crippen molar-refractivity contribution in [2.45, 2.75) is 41.1 Å². The maximum absolute atomic E-state index is 12.8. The number of benzene rings is 1. The number of aromatic nitrogens is 1. The molecular formula is C20H25N3OS. The molecule has 4 nitrogen and oxygen atoms in total. The van der Waals surface area contributed by atoms with Crippen LogP contribution in [0.3, 0.4) is 0 Å². The van der Waals surface area contributed by atoms with Crippen LogP contribution in [0.25, 0.3) is 0 Å². The predicted octanol–water partition coefficient (Wildman–Crippen LogP) is 3.84. The number of carbonyl (C=O) groups is 1. The normalized spacial score (nSPS) is 16.1. The van der Waals surface area contributed by atoms with Gasteiger partial charge in [0.1, 0.15) is 5.03 Å². The van der Waals surface area contributed by atoms with Gasteiger partial charge >= 0.3 is 0 Å². The van der Waals surface area contributed by atoms with Crippen LogP contribution in [0.1, 0.15) is 36.0 Å². The molecule has 0 unspecified atom stereocenters. The monoisotopic (exact) mass is 355 g/mol. The summed E-state index contributed by atoms with van der Waals surface area (Å²) in [4.78, 5) is 20.6. The maximum atomic E-state index is 12.8. The van der Waals surface area contributed by atoms with E-state index in [9.17, 15) is 4.79 Å². The summed E-state index contributed by atoms with van der Waals surface area (Å²) >= 11 is 1.52. The minimum Gasteiger partial charge on any atom is -0.350 e. The maximum Gasteiger partial charge on any atom is 0.254 e. The van der Waals surface area contributed by atoms with Crippen molar-refractivity contribution in [3.05, 3.63) is 54.2 Å². The van der Waals surface area contributed by atoms with E-state index in [2.05, 4.69) is 29.3 Å². The van der Waals surface area contributed by atoms with Gasteiger partial charge in [-0.05, 0) is 51.2 Å². The second kappa shape index (κ2) is 8.02. The van der Waals surface area contributed by atoms with Gasteiger partial charge in [-0.2, -0.15) is 0 Å². The molecule has 0 saturated heterocycles. The van der Waals surface area contributed by atoms with E-state index in [1.54, 1.807) is 6.20 Å². The Bertz CT molecular complexity index is 712. The van der Waals surface area contributed by atoms with E-state index in [1.807, 2.05) is 42.5 Å². The molecule has 1 heterocycles. The average molecular weight is 356 g/mol. The minimum absolute atomic E-state index is 0.0420. The SMILES string of the molecule is CN(C)C1(CNC(=O)c2cccnc2Sc2ccccc2)CCCC1. The Labute approximate surface area is 154 Å². The van der Waals surface area contributed by atoms with E-state index in [1.165, 1.54) is 24.6 Å². The quantitative estimate of drug-likeness (QED) is 0.855. The van der Waals surface area contributed by atoms with E-state index < -0.39 is 0 Å². The summed E-state index contributed by atoms with van der Waals surface area (Å²) in [6.07, 6.45) is 6.48. The van der Waals surface area contributed by atoms with Gasteiger partial charge in [0.25, 0.3) is 5.91 Å². The van der Waals surface area contributed by atoms with Crippen LogP contribution < -0.4 is 5.32 Å². The van der Waals surface area contributed by atoms with Gasteiger partial charge in [0.15, 0.2) is 0 Å². The van der Waals surface area contributed by atoms with Crippen LogP contribution in [0.5, 0.6) is 0 Å². The number of likely N-dealkylation sites (N-methyl/N-ethyl adjacent to an activating group) is 1. The molecule has 25 heavy (non-hydrogen) atoms. The van der Waals surface area contributed by atoms with Gasteiger partial charge < -0.3 is 10.2 Å². The van der Waals surface area contributed by atoms with Crippen LogP contribution >= 0.6 is 11.8 Å². The van der Waals surface area contributed by atoms with Crippen molar-refractivity contribution >= 4 is 17.7 Å². The van der Waals surface area contributed by atoms with E-state index in [4.69, 9.17) is 0 Å². The second-order valence-electron chi connectivity index (χ2n) is 6.78. The summed E-state index contributed by atoms with van der Waals surface area (Å²) in [5.74, 6) is -0.0420. The molecule has 0 bridgehead atoms. The number of nitrogens with one attached hydrogen (secondary N) is 1. The highest BCUT2D eigenvalue weighted by Gasteiger charge is 2.36. The van der Waals surface area contributed by atoms with Crippen molar-refractivity contribution in [1.82, 2.24) is 15.2 Å². The lowest BCUT2D eigenvalue weighted by molar-refractivity contribution is 0.0896. The third kappa shape index (κ3) is 4.22. The number of rotatable bonds is 6. The molecule has 1 aliphatic carbocycles. The van der Waals surface area contributed by atoms with Crippen molar-refractivity contribution in [2.24, 2.45) is 0 Å². The Kier molecular flexibility index (Phi) is 5.76. The lowest BCUT2D eigenvalue weighted by Gasteiger charge is -2.36. The van der Waals surface area contributed by atoms with Gasteiger partial charge in [-0.3, -0.25) is 4.79 Å². The molecule has 1 aromatic heterocycles. The van der Waals surface area contributed by atoms with Crippen LogP contribution in [0.15, 0.2) is 58.6 Å². The first-order valence-electron chi connectivity index (χ1n) is 8.74. The van der Waals surface area contributed by atoms with Crippen molar-refractivity contribution in [3.63, 3.8) is 0 Å². The third-order valence-corrected chi connectivity index (χ3v) is 6.06. The molecule has 5 heteroatoms. The summed E-state index contributed by atoms with van der Waals surface area (Å²) in [5, 5.41) is 3.90. The molecule has 1 N–H and O–H groups in total. The van der Waals surface area contributed by atoms with Gasteiger partial charge in [0.05, 0.1) is 5.56 Å². The fourth-order valence-corrected chi connectivity index (χ4v) is 4.30. The Hall–Kier alpha value is -1.85. The fourth-order valence-electron chi connectivity index (χ4n) is 3.40. The molecule has 1 aliphatic rings. The molecule has 0 aliphatic heterocycles. The summed E-state index contributed by atoms with van der Waals surface area (Å²) < 4.78 is 0. The molecule has 0 radical (unpaired) electrons. The highest BCUT2D eigenvalue weighted by atomic mass is 32.2. The van der Waals surface area contributed by atoms with Gasteiger partial charge in [-0.25, -0.2) is 4.98 Å². The van der Waals surface area contributed by atoms with E-state index in [-0.39, 0.29) is 11.4 Å². The zero-order chi connectivity index (χ0) is 17.7. The van der Waals surface area contributed by atoms with Crippen LogP contribution in [-0.2, 0) is 0 Å². The average Bonchev–Trinajstić information content (AvgIpc) is 3.11. The number of hydrogen-bond acceptors (Lipinski definition) is 4. The number of amides is 1. The summed E-state index contributed by atoms with van der Waals surface area (Å²) in [6, 6.07) is 13.7. The molecule has 0 spiro atoms. The molecule has 132 valence electrons. The summed E-state index contributed by atoms with van der Waals surface area (Å²) in [5.41, 5.74) is 0.730. The lowest BCUT2D eigenvalue weighted by Crippen LogP contribution is -2.50. The van der Waals surface area contributed by atoms with Crippen LogP contribution in [0.4, 0.5) is 0 Å². The van der Waals surface area contributed by atoms with E-state index >= 15 is 0 Å². The van der Waals surface area contributed by atoms with Crippen molar-refractivity contribution < 1.29 is 4.79 Å². The van der Waals surface area contributed by atoms with Crippen LogP contribution in [-0.4, -0.2) is 42.0 Å². The first-order valence-corrected chi connectivity index (χ1v) is 9.56. The molecule has 1 fully saturated rings. The van der Waals surface area contributed by atoms with Crippen molar-refractivity contribution in [2.75, 3.05) is 20.6 Å². The number of hydrogen-bond donors (Lipinski definition) is 1. The Morgan fingerprint density at radius 2 is 1.88 bits per heavy atom. The van der Waals surface area contributed by atoms with Crippen LogP contribution in [0, 0.1) is 0 Å². The van der Waals surface area contributed by atoms with E-state index in [0.29, 0.717) is 12.1 Å². The fraction of sp³-hybridized carbons (Fsp3) is 0.400. The highest BCUT2D eigenvalue weighted by Crippen LogP contribution is 2.33. The first kappa shape index (κ1) is 18.0. The summed E-state index contributed by atoms with van der Waals surface area (Å²) in [6.45, 7) is 0.684. The van der Waals surface area contributed by atoms with Crippen molar-refractivity contribution in [3.8, 4) is 0 Å². The molecule has 0 atom stereocenters. The standard InChI is InChI=1S/C20H25N3OS/c1-23(2)20(12-6-7-13-20)15-22-18(24)17-11-8-14-21-19(17)25-16-9-4-3-5-10-16/h3-5,8-11,14H,6-7,12-13,15H2,1-2H3,(H,22,24). The molecule has 1 aromatic carbocycles. The number of carbonyl (C=O) groups excluding carboxylic acids is 1. The Morgan fingerprint density at radius 3 is 2.56 bits per heavy atom. The second-order valence-corrected chi connectivity index (χ2v) is 7.84. The van der Waals surface area contributed by atoms with Gasteiger partial charge in [0.2, 0.25) is 0 Å². The van der Waals surface area contributed by atoms with Gasteiger partial charge in [-0.1, -0.05) is 42.8 Å². The molecular weight excluding hydrogens is 330 g/mol. The topological polar surface area (TPSA) is 45.2 Å². The lowest BCUT2D eigenvalue weighted by atomic mass is 9.96. The predicted molar refractivity (Wildman–Crippen MR) is 102 cm³/mol. The number of nitrogens with zero attached hydrogens (tertiary/aromatic N) is 2. The molecule has 3 rings (SSSR count). The molecule has 1 amide bonds. The zero-order valence-corrected chi connectivity index (χ0v) is 15.7. The van der Waals surface area contributed by atoms with Gasteiger partial charge in [-0.15, -0.1) is 0 Å². The molecule has 2 aromatic rings. The van der Waals surface area contributed by atoms with E-state index in [0.717, 1.165) is 22.8 Å². The third-order valence-electron chi connectivity index (χ3n) is 5.03. The molecule has 1 saturated carbocycles. The minimum atomic E-state index is -0.0420. The highest BCUT2D eigenvalue weighted by molar-refractivity contribution is 7.99. The Balaban J connectivity index is 1.72. The largest absolute Gasteiger partial charge is 0.350 e. The Morgan fingerprint density at radius 1 is 1.16 bits per heavy atom. The van der Waals surface area contributed by atoms with Gasteiger partial charge in [0, 0.05) is 23.2 Å². The smallest absolute Gasteiger partial charge is 0.254 e. The number of pyridine rings is 1. The first-order chi connectivity index (χ1) is 12.1. The van der Waals surface area contributed by atoms with Crippen LogP contribution in [0.2, 0.25) is 0 Å².